The summed E-state index contributed by atoms with van der Waals surface area (Å²) in [5, 5.41) is 2.29. The minimum Gasteiger partial charge on any atom is -0.308 e. The molecule has 0 saturated carbocycles. The lowest BCUT2D eigenvalue weighted by Crippen LogP contribution is -2.14. The summed E-state index contributed by atoms with van der Waals surface area (Å²) in [5.74, 6) is 1.86. The molecule has 0 radical (unpaired) electrons. The van der Waals surface area contributed by atoms with E-state index >= 15 is 0 Å². The molecule has 0 bridgehead atoms. The third-order valence-electron chi connectivity index (χ3n) is 10.7. The number of hydrogen-bond acceptors (Lipinski definition) is 5. The summed E-state index contributed by atoms with van der Waals surface area (Å²) in [6, 6.07) is 70.5. The van der Waals surface area contributed by atoms with Gasteiger partial charge in [-0.15, -0.1) is 0 Å². The average molecular weight is 748 g/mol. The SMILES string of the molecule is c1ccc(-c2nc(-c3ccccc3)nc(-n3c4ccccc4c4cc(-c5ccc(-c6ccc7c(c6)Sc6ccccc6N7c6ccccc6)cc5)ccc43)n2)cc1. The van der Waals surface area contributed by atoms with E-state index in [4.69, 9.17) is 15.0 Å². The Balaban J connectivity index is 0.970. The van der Waals surface area contributed by atoms with Crippen molar-refractivity contribution in [2.75, 3.05) is 4.90 Å². The van der Waals surface area contributed by atoms with Gasteiger partial charge in [0.25, 0.3) is 0 Å². The van der Waals surface area contributed by atoms with E-state index in [2.05, 4.69) is 149 Å². The van der Waals surface area contributed by atoms with Crippen LogP contribution in [-0.4, -0.2) is 19.5 Å². The molecule has 8 aromatic carbocycles. The number of nitrogens with zero attached hydrogens (tertiary/aromatic N) is 5. The van der Waals surface area contributed by atoms with Crippen LogP contribution < -0.4 is 4.90 Å². The van der Waals surface area contributed by atoms with Gasteiger partial charge in [0, 0.05) is 37.4 Å². The quantitative estimate of drug-likeness (QED) is 0.169. The van der Waals surface area contributed by atoms with E-state index in [0.717, 1.165) is 49.7 Å². The van der Waals surface area contributed by atoms with Crippen molar-refractivity contribution >= 4 is 50.6 Å². The molecule has 0 amide bonds. The van der Waals surface area contributed by atoms with Crippen LogP contribution in [0.25, 0.3) is 72.8 Å². The van der Waals surface area contributed by atoms with E-state index in [1.54, 1.807) is 0 Å². The normalized spacial score (nSPS) is 12.1. The van der Waals surface area contributed by atoms with Crippen LogP contribution in [0, 0.1) is 0 Å². The highest BCUT2D eigenvalue weighted by Gasteiger charge is 2.25. The molecule has 5 nitrogen and oxygen atoms in total. The molecule has 0 fully saturated rings. The van der Waals surface area contributed by atoms with E-state index in [1.165, 1.54) is 32.3 Å². The van der Waals surface area contributed by atoms with Gasteiger partial charge in [-0.25, -0.2) is 4.98 Å². The van der Waals surface area contributed by atoms with Crippen molar-refractivity contribution < 1.29 is 0 Å². The molecule has 57 heavy (non-hydrogen) atoms. The van der Waals surface area contributed by atoms with Crippen LogP contribution in [0.3, 0.4) is 0 Å². The van der Waals surface area contributed by atoms with Gasteiger partial charge in [-0.3, -0.25) is 4.57 Å². The smallest absolute Gasteiger partial charge is 0.238 e. The predicted molar refractivity (Wildman–Crippen MR) is 235 cm³/mol. The maximum atomic E-state index is 5.09. The van der Waals surface area contributed by atoms with Crippen molar-refractivity contribution in [3.63, 3.8) is 0 Å². The second kappa shape index (κ2) is 13.8. The highest BCUT2D eigenvalue weighted by atomic mass is 32.2. The monoisotopic (exact) mass is 747 g/mol. The number of benzene rings is 8. The molecule has 268 valence electrons. The largest absolute Gasteiger partial charge is 0.308 e. The number of para-hydroxylation sites is 3. The first-order valence-electron chi connectivity index (χ1n) is 19.0. The first-order valence-corrected chi connectivity index (χ1v) is 19.8. The van der Waals surface area contributed by atoms with Crippen molar-refractivity contribution in [1.82, 2.24) is 19.5 Å². The van der Waals surface area contributed by atoms with Crippen molar-refractivity contribution in [2.45, 2.75) is 9.79 Å². The highest BCUT2D eigenvalue weighted by Crippen LogP contribution is 2.52. The van der Waals surface area contributed by atoms with Crippen LogP contribution in [0.15, 0.2) is 210 Å². The van der Waals surface area contributed by atoms with Crippen molar-refractivity contribution in [1.29, 1.82) is 0 Å². The highest BCUT2D eigenvalue weighted by molar-refractivity contribution is 7.99. The molecule has 0 unspecified atom stereocenters. The molecule has 2 aromatic heterocycles. The summed E-state index contributed by atoms with van der Waals surface area (Å²) in [4.78, 5) is 20.0. The Morgan fingerprint density at radius 2 is 0.877 bits per heavy atom. The lowest BCUT2D eigenvalue weighted by atomic mass is 9.98. The summed E-state index contributed by atoms with van der Waals surface area (Å²) >= 11 is 1.84. The van der Waals surface area contributed by atoms with Crippen molar-refractivity contribution in [3.8, 4) is 51.0 Å². The predicted octanol–water partition coefficient (Wildman–Crippen LogP) is 13.6. The zero-order chi connectivity index (χ0) is 37.7. The fourth-order valence-corrected chi connectivity index (χ4v) is 9.01. The topological polar surface area (TPSA) is 46.8 Å². The average Bonchev–Trinajstić information content (AvgIpc) is 3.62. The Morgan fingerprint density at radius 1 is 0.351 bits per heavy atom. The lowest BCUT2D eigenvalue weighted by Gasteiger charge is -2.33. The van der Waals surface area contributed by atoms with Gasteiger partial charge in [-0.1, -0.05) is 157 Å². The van der Waals surface area contributed by atoms with Crippen molar-refractivity contribution in [2.24, 2.45) is 0 Å². The van der Waals surface area contributed by atoms with Crippen LogP contribution in [-0.2, 0) is 0 Å². The summed E-state index contributed by atoms with van der Waals surface area (Å²) in [7, 11) is 0. The fraction of sp³-hybridized carbons (Fsp3) is 0. The molecule has 0 saturated heterocycles. The fourth-order valence-electron chi connectivity index (χ4n) is 7.91. The molecule has 0 aliphatic carbocycles. The summed E-state index contributed by atoms with van der Waals surface area (Å²) in [6.45, 7) is 0. The van der Waals surface area contributed by atoms with E-state index in [-0.39, 0.29) is 0 Å². The van der Waals surface area contributed by atoms with Gasteiger partial charge in [0.2, 0.25) is 5.95 Å². The maximum absolute atomic E-state index is 5.09. The molecular weight excluding hydrogens is 715 g/mol. The van der Waals surface area contributed by atoms with Gasteiger partial charge in [0.1, 0.15) is 0 Å². The van der Waals surface area contributed by atoms with Crippen molar-refractivity contribution in [3.05, 3.63) is 200 Å². The van der Waals surface area contributed by atoms with Gasteiger partial charge in [0.05, 0.1) is 22.4 Å². The Kier molecular flexibility index (Phi) is 8.00. The Labute approximate surface area is 334 Å². The minimum absolute atomic E-state index is 0.588. The number of anilines is 3. The Morgan fingerprint density at radius 3 is 1.58 bits per heavy atom. The molecule has 3 heterocycles. The number of aromatic nitrogens is 4. The van der Waals surface area contributed by atoms with E-state index in [1.807, 2.05) is 72.4 Å². The number of fused-ring (bicyclic) bond motifs is 5. The molecule has 11 rings (SSSR count). The first-order chi connectivity index (χ1) is 28.2. The van der Waals surface area contributed by atoms with Gasteiger partial charge >= 0.3 is 0 Å². The van der Waals surface area contributed by atoms with Crippen LogP contribution in [0.2, 0.25) is 0 Å². The third kappa shape index (κ3) is 5.86. The lowest BCUT2D eigenvalue weighted by molar-refractivity contribution is 0.953. The molecule has 0 atom stereocenters. The molecule has 0 N–H and O–H groups in total. The summed E-state index contributed by atoms with van der Waals surface area (Å²) in [5.41, 5.74) is 12.2. The van der Waals surface area contributed by atoms with E-state index in [0.29, 0.717) is 17.6 Å². The molecule has 10 aromatic rings. The summed E-state index contributed by atoms with van der Waals surface area (Å²) in [6.07, 6.45) is 0. The summed E-state index contributed by atoms with van der Waals surface area (Å²) < 4.78 is 2.17. The van der Waals surface area contributed by atoms with E-state index in [9.17, 15) is 0 Å². The van der Waals surface area contributed by atoms with Gasteiger partial charge in [0.15, 0.2) is 11.6 Å². The number of hydrogen-bond donors (Lipinski definition) is 0. The van der Waals surface area contributed by atoms with Gasteiger partial charge in [-0.2, -0.15) is 9.97 Å². The second-order valence-corrected chi connectivity index (χ2v) is 15.2. The molecule has 0 spiro atoms. The van der Waals surface area contributed by atoms with Gasteiger partial charge in [-0.05, 0) is 76.9 Å². The molecule has 6 heteroatoms. The van der Waals surface area contributed by atoms with Crippen LogP contribution in [0.1, 0.15) is 0 Å². The van der Waals surface area contributed by atoms with E-state index < -0.39 is 0 Å². The van der Waals surface area contributed by atoms with Crippen LogP contribution in [0.4, 0.5) is 17.1 Å². The van der Waals surface area contributed by atoms with Crippen LogP contribution >= 0.6 is 11.8 Å². The molecular formula is C51H33N5S. The third-order valence-corrected chi connectivity index (χ3v) is 11.8. The molecule has 1 aliphatic rings. The first kappa shape index (κ1) is 33.1. The minimum atomic E-state index is 0.588. The Hall–Kier alpha value is -7.28. The number of rotatable bonds is 6. The second-order valence-electron chi connectivity index (χ2n) is 14.1. The van der Waals surface area contributed by atoms with Gasteiger partial charge < -0.3 is 4.90 Å². The molecule has 1 aliphatic heterocycles. The standard InChI is InChI=1S/C51H33N5S/c1-4-14-36(15-5-1)49-52-50(37-16-6-2-7-17-37)54-51(53-49)56-43-21-11-10-20-41(43)42-32-38(28-30-44(42)56)34-24-26-35(27-25-34)39-29-31-46-48(33-39)57-47-23-13-12-22-45(47)55(46)40-18-8-3-9-19-40/h1-33H. The zero-order valence-corrected chi connectivity index (χ0v) is 31.5. The zero-order valence-electron chi connectivity index (χ0n) is 30.7. The van der Waals surface area contributed by atoms with Crippen LogP contribution in [0.5, 0.6) is 0 Å². The Bertz CT molecular complexity index is 3030. The maximum Gasteiger partial charge on any atom is 0.238 e.